The van der Waals surface area contributed by atoms with E-state index in [1.54, 1.807) is 6.33 Å². The molecule has 0 atom stereocenters. The number of benzene rings is 1. The second-order valence-electron chi connectivity index (χ2n) is 5.97. The number of aromatic nitrogens is 4. The first-order chi connectivity index (χ1) is 12.2. The van der Waals surface area contributed by atoms with E-state index in [1.807, 2.05) is 26.2 Å². The molecule has 0 amide bonds. The molecule has 130 valence electrons. The Morgan fingerprint density at radius 1 is 1.12 bits per heavy atom. The van der Waals surface area contributed by atoms with E-state index in [4.69, 9.17) is 4.74 Å². The van der Waals surface area contributed by atoms with E-state index in [0.717, 1.165) is 47.8 Å². The van der Waals surface area contributed by atoms with E-state index in [2.05, 4.69) is 49.7 Å². The molecule has 6 nitrogen and oxygen atoms in total. The largest absolute Gasteiger partial charge is 0.490 e. The number of nitrogens with zero attached hydrogens (tertiary/aromatic N) is 3. The van der Waals surface area contributed by atoms with Gasteiger partial charge in [0.2, 0.25) is 0 Å². The molecule has 0 aliphatic heterocycles. The molecule has 6 heteroatoms. The number of aromatic amines is 1. The van der Waals surface area contributed by atoms with Gasteiger partial charge in [-0.05, 0) is 44.0 Å². The molecular weight excluding hydrogens is 314 g/mol. The number of rotatable bonds is 8. The van der Waals surface area contributed by atoms with Crippen LogP contribution in [0, 0.1) is 13.8 Å². The van der Waals surface area contributed by atoms with E-state index in [1.165, 1.54) is 5.56 Å². The van der Waals surface area contributed by atoms with Crippen molar-refractivity contribution in [2.24, 2.45) is 0 Å². The van der Waals surface area contributed by atoms with Gasteiger partial charge >= 0.3 is 0 Å². The summed E-state index contributed by atoms with van der Waals surface area (Å²) in [5.41, 5.74) is 5.29. The van der Waals surface area contributed by atoms with Gasteiger partial charge in [-0.1, -0.05) is 18.2 Å². The first-order valence-corrected chi connectivity index (χ1v) is 8.43. The lowest BCUT2D eigenvalue weighted by Crippen LogP contribution is -2.17. The molecule has 0 aliphatic carbocycles. The molecule has 1 aromatic carbocycles. The fourth-order valence-corrected chi connectivity index (χ4v) is 2.67. The number of aryl methyl sites for hydroxylation is 2. The predicted molar refractivity (Wildman–Crippen MR) is 97.3 cm³/mol. The van der Waals surface area contributed by atoms with Crippen molar-refractivity contribution in [3.8, 4) is 16.9 Å². The van der Waals surface area contributed by atoms with Gasteiger partial charge in [0.25, 0.3) is 0 Å². The van der Waals surface area contributed by atoms with Gasteiger partial charge in [0, 0.05) is 24.5 Å². The molecule has 2 N–H and O–H groups in total. The summed E-state index contributed by atoms with van der Waals surface area (Å²) in [6.45, 7) is 6.32. The molecule has 0 spiro atoms. The molecule has 0 radical (unpaired) electrons. The molecule has 2 aromatic heterocycles. The molecule has 0 fully saturated rings. The van der Waals surface area contributed by atoms with E-state index >= 15 is 0 Å². The molecular formula is C19H23N5O. The number of nitrogens with one attached hydrogen (secondary N) is 2. The van der Waals surface area contributed by atoms with Crippen molar-refractivity contribution >= 4 is 0 Å². The van der Waals surface area contributed by atoms with Crippen molar-refractivity contribution in [1.29, 1.82) is 0 Å². The molecule has 3 aromatic rings. The topological polar surface area (TPSA) is 75.7 Å². The van der Waals surface area contributed by atoms with E-state index in [-0.39, 0.29) is 0 Å². The van der Waals surface area contributed by atoms with Gasteiger partial charge < -0.3 is 10.1 Å². The third-order valence-electron chi connectivity index (χ3n) is 3.95. The van der Waals surface area contributed by atoms with E-state index in [9.17, 15) is 0 Å². The Labute approximate surface area is 147 Å². The third kappa shape index (κ3) is 4.64. The minimum atomic E-state index is 0.676. The molecule has 0 saturated heterocycles. The lowest BCUT2D eigenvalue weighted by atomic mass is 10.1. The Balaban J connectivity index is 1.42. The Bertz CT molecular complexity index is 781. The van der Waals surface area contributed by atoms with Gasteiger partial charge in [-0.15, -0.1) is 0 Å². The standard InChI is InChI=1S/C19H23N5O/c1-14-19(15(2)24-23-14)25-8-4-7-20-10-16-5-3-6-17(9-16)18-11-21-13-22-12-18/h3,5-6,9,11-13,20H,4,7-8,10H2,1-2H3,(H,23,24). The first-order valence-electron chi connectivity index (χ1n) is 8.43. The Morgan fingerprint density at radius 3 is 2.72 bits per heavy atom. The average Bonchev–Trinajstić information content (AvgIpc) is 2.97. The predicted octanol–water partition coefficient (Wildman–Crippen LogP) is 3.04. The molecule has 3 rings (SSSR count). The van der Waals surface area contributed by atoms with Crippen LogP contribution in [0.3, 0.4) is 0 Å². The van der Waals surface area contributed by atoms with E-state index < -0.39 is 0 Å². The number of hydrogen-bond donors (Lipinski definition) is 2. The van der Waals surface area contributed by atoms with Crippen LogP contribution in [-0.4, -0.2) is 33.3 Å². The Hall–Kier alpha value is -2.73. The van der Waals surface area contributed by atoms with Crippen LogP contribution in [-0.2, 0) is 6.54 Å². The minimum absolute atomic E-state index is 0.676. The van der Waals surface area contributed by atoms with Crippen molar-refractivity contribution in [2.75, 3.05) is 13.2 Å². The summed E-state index contributed by atoms with van der Waals surface area (Å²) in [4.78, 5) is 8.15. The summed E-state index contributed by atoms with van der Waals surface area (Å²) >= 11 is 0. The smallest absolute Gasteiger partial charge is 0.162 e. The Kier molecular flexibility index (Phi) is 5.74. The monoisotopic (exact) mass is 337 g/mol. The van der Waals surface area contributed by atoms with Crippen LogP contribution in [0.1, 0.15) is 23.4 Å². The van der Waals surface area contributed by atoms with Gasteiger partial charge in [0.05, 0.1) is 12.3 Å². The van der Waals surface area contributed by atoms with Gasteiger partial charge in [0.1, 0.15) is 12.0 Å². The van der Waals surface area contributed by atoms with Gasteiger partial charge in [-0.2, -0.15) is 5.10 Å². The molecule has 0 saturated carbocycles. The second kappa shape index (κ2) is 8.39. The zero-order chi connectivity index (χ0) is 17.5. The fourth-order valence-electron chi connectivity index (χ4n) is 2.67. The highest BCUT2D eigenvalue weighted by Crippen LogP contribution is 2.19. The normalized spacial score (nSPS) is 10.8. The van der Waals surface area contributed by atoms with Crippen LogP contribution >= 0.6 is 0 Å². The average molecular weight is 337 g/mol. The van der Waals surface area contributed by atoms with Gasteiger partial charge in [-0.25, -0.2) is 9.97 Å². The van der Waals surface area contributed by atoms with Crippen LogP contribution in [0.5, 0.6) is 5.75 Å². The lowest BCUT2D eigenvalue weighted by Gasteiger charge is -2.08. The summed E-state index contributed by atoms with van der Waals surface area (Å²) in [5, 5.41) is 10.5. The maximum Gasteiger partial charge on any atom is 0.162 e. The highest BCUT2D eigenvalue weighted by Gasteiger charge is 2.06. The van der Waals surface area contributed by atoms with Crippen molar-refractivity contribution in [3.05, 3.63) is 59.9 Å². The highest BCUT2D eigenvalue weighted by atomic mass is 16.5. The maximum absolute atomic E-state index is 5.79. The number of ether oxygens (including phenoxy) is 1. The summed E-state index contributed by atoms with van der Waals surface area (Å²) in [6, 6.07) is 8.42. The van der Waals surface area contributed by atoms with Gasteiger partial charge in [0.15, 0.2) is 5.75 Å². The van der Waals surface area contributed by atoms with Crippen molar-refractivity contribution in [2.45, 2.75) is 26.8 Å². The zero-order valence-electron chi connectivity index (χ0n) is 14.6. The number of H-pyrrole nitrogens is 1. The van der Waals surface area contributed by atoms with Gasteiger partial charge in [-0.3, -0.25) is 5.10 Å². The summed E-state index contributed by atoms with van der Waals surface area (Å²) in [6.07, 6.45) is 6.15. The zero-order valence-corrected chi connectivity index (χ0v) is 14.6. The van der Waals surface area contributed by atoms with Crippen molar-refractivity contribution in [1.82, 2.24) is 25.5 Å². The van der Waals surface area contributed by atoms with Crippen LogP contribution in [0.25, 0.3) is 11.1 Å². The molecule has 25 heavy (non-hydrogen) atoms. The van der Waals surface area contributed by atoms with Crippen molar-refractivity contribution in [3.63, 3.8) is 0 Å². The quantitative estimate of drug-likeness (QED) is 0.618. The molecule has 0 aliphatic rings. The molecule has 2 heterocycles. The number of hydrogen-bond acceptors (Lipinski definition) is 5. The summed E-state index contributed by atoms with van der Waals surface area (Å²) in [5.74, 6) is 0.873. The molecule has 0 unspecified atom stereocenters. The fraction of sp³-hybridized carbons (Fsp3) is 0.316. The Morgan fingerprint density at radius 2 is 1.96 bits per heavy atom. The lowest BCUT2D eigenvalue weighted by molar-refractivity contribution is 0.304. The van der Waals surface area contributed by atoms with Crippen LogP contribution < -0.4 is 10.1 Å². The summed E-state index contributed by atoms with van der Waals surface area (Å²) in [7, 11) is 0. The van der Waals surface area contributed by atoms with Crippen molar-refractivity contribution < 1.29 is 4.74 Å². The first kappa shape index (κ1) is 17.1. The highest BCUT2D eigenvalue weighted by molar-refractivity contribution is 5.62. The second-order valence-corrected chi connectivity index (χ2v) is 5.97. The SMILES string of the molecule is Cc1n[nH]c(C)c1OCCCNCc1cccc(-c2cncnc2)c1. The van der Waals surface area contributed by atoms with Crippen LogP contribution in [0.2, 0.25) is 0 Å². The maximum atomic E-state index is 5.79. The minimum Gasteiger partial charge on any atom is -0.490 e. The molecule has 0 bridgehead atoms. The van der Waals surface area contributed by atoms with Crippen LogP contribution in [0.4, 0.5) is 0 Å². The summed E-state index contributed by atoms with van der Waals surface area (Å²) < 4.78 is 5.79. The third-order valence-corrected chi connectivity index (χ3v) is 3.95. The van der Waals surface area contributed by atoms with E-state index in [0.29, 0.717) is 6.61 Å². The van der Waals surface area contributed by atoms with Crippen LogP contribution in [0.15, 0.2) is 43.0 Å².